The molecule has 0 aromatic carbocycles. The molecule has 8 aliphatic rings. The Kier molecular flexibility index (Phi) is 20.2. The van der Waals surface area contributed by atoms with Gasteiger partial charge in [0.1, 0.15) is 11.6 Å². The Balaban J connectivity index is 0.000000207. The molecule has 0 aromatic heterocycles. The van der Waals surface area contributed by atoms with E-state index < -0.39 is 0 Å². The Morgan fingerprint density at radius 2 is 1.12 bits per heavy atom. The third-order valence-electron chi connectivity index (χ3n) is 20.5. The summed E-state index contributed by atoms with van der Waals surface area (Å²) in [6.07, 6.45) is 22.5. The van der Waals surface area contributed by atoms with Crippen molar-refractivity contribution in [2.24, 2.45) is 98.6 Å². The number of ketones is 2. The summed E-state index contributed by atoms with van der Waals surface area (Å²) in [5.41, 5.74) is 1.35. The van der Waals surface area contributed by atoms with Crippen molar-refractivity contribution < 1.29 is 37.5 Å². The second kappa shape index (κ2) is 22.7. The molecular formula is C50H82I5O5-. The van der Waals surface area contributed by atoms with Crippen LogP contribution >= 0.6 is 74.5 Å². The van der Waals surface area contributed by atoms with Crippen LogP contribution in [0.15, 0.2) is 0 Å². The van der Waals surface area contributed by atoms with Gasteiger partial charge in [-0.2, -0.15) is 0 Å². The van der Waals surface area contributed by atoms with E-state index >= 15 is 0 Å². The van der Waals surface area contributed by atoms with E-state index in [0.29, 0.717) is 102 Å². The van der Waals surface area contributed by atoms with Gasteiger partial charge >= 0.3 is 56.5 Å². The summed E-state index contributed by atoms with van der Waals surface area (Å²) in [6.45, 7) is 19.6. The van der Waals surface area contributed by atoms with E-state index in [-0.39, 0.29) is 28.8 Å². The molecule has 18 atom stereocenters. The van der Waals surface area contributed by atoms with Gasteiger partial charge in [-0.25, -0.2) is 0 Å². The number of carbonyl (C=O) groups is 3. The summed E-state index contributed by atoms with van der Waals surface area (Å²) >= 11 is 9.54. The van der Waals surface area contributed by atoms with Gasteiger partial charge in [-0.3, -0.25) is 14.4 Å². The average molecular weight is 1400 g/mol. The third kappa shape index (κ3) is 10.5. The van der Waals surface area contributed by atoms with Crippen LogP contribution in [0.5, 0.6) is 0 Å². The molecule has 0 bridgehead atoms. The number of halogens is 5. The fourth-order valence-electron chi connectivity index (χ4n) is 17.3. The van der Waals surface area contributed by atoms with Gasteiger partial charge in [-0.1, -0.05) is 74.7 Å². The maximum atomic E-state index is 13.4. The molecule has 0 spiro atoms. The first-order chi connectivity index (χ1) is 28.4. The summed E-state index contributed by atoms with van der Waals surface area (Å²) in [5, 5.41) is 10.2. The Morgan fingerprint density at radius 1 is 0.700 bits per heavy atom. The molecule has 60 heavy (non-hydrogen) atoms. The molecular weight excluding hydrogens is 1320 g/mol. The topological polar surface area (TPSA) is 80.7 Å². The first-order valence-electron chi connectivity index (χ1n) is 24.2. The van der Waals surface area contributed by atoms with Crippen molar-refractivity contribution in [3.63, 3.8) is 0 Å². The van der Waals surface area contributed by atoms with Crippen molar-refractivity contribution in [2.45, 2.75) is 190 Å². The molecule has 8 rings (SSSR count). The number of carbonyl (C=O) groups excluding carboxylic acids is 3. The van der Waals surface area contributed by atoms with Crippen LogP contribution in [-0.4, -0.2) is 35.9 Å². The Hall–Kier alpha value is 2.42. The SMILES string of the molecule is CCC[C@@H](C)C1CCC2C3C(=O)C[C@@H]4C[C@H](C)CC[C@]4(C)C3CC[C@@]21C.COC(=O)CC[C@@H](C)C1CCC2C3C(=O)C[C@@H]4C[C@H](O)CC[C@]4(C)C3CC[C@@]21C.II.I[I-]I. The van der Waals surface area contributed by atoms with Gasteiger partial charge in [0.2, 0.25) is 0 Å². The number of ether oxygens (including phenoxy) is 1. The zero-order valence-electron chi connectivity index (χ0n) is 38.7. The van der Waals surface area contributed by atoms with E-state index in [2.05, 4.69) is 130 Å². The van der Waals surface area contributed by atoms with Gasteiger partial charge < -0.3 is 9.84 Å². The number of aliphatic hydroxyl groups is 1. The summed E-state index contributed by atoms with van der Waals surface area (Å²) < 4.78 is 4.85. The zero-order chi connectivity index (χ0) is 44.4. The van der Waals surface area contributed by atoms with E-state index in [1.54, 1.807) is 0 Å². The van der Waals surface area contributed by atoms with Gasteiger partial charge in [0.05, 0.1) is 13.2 Å². The molecule has 8 unspecified atom stereocenters. The van der Waals surface area contributed by atoms with Crippen LogP contribution in [0.25, 0.3) is 0 Å². The van der Waals surface area contributed by atoms with Crippen molar-refractivity contribution in [1.29, 1.82) is 0 Å². The second-order valence-electron chi connectivity index (χ2n) is 22.9. The zero-order valence-corrected chi connectivity index (χ0v) is 49.5. The van der Waals surface area contributed by atoms with E-state index in [1.807, 2.05) is 0 Å². The minimum absolute atomic E-state index is 0.110. The van der Waals surface area contributed by atoms with Gasteiger partial charge in [-0.05, 0) is 177 Å². The Labute approximate surface area is 420 Å². The van der Waals surface area contributed by atoms with E-state index in [1.165, 1.54) is 84.2 Å². The number of rotatable bonds is 7. The molecule has 5 nitrogen and oxygen atoms in total. The van der Waals surface area contributed by atoms with Crippen LogP contribution in [-0.2, 0) is 19.1 Å². The molecule has 0 amide bonds. The van der Waals surface area contributed by atoms with Gasteiger partial charge in [0.25, 0.3) is 0 Å². The van der Waals surface area contributed by atoms with Crippen molar-refractivity contribution in [3.05, 3.63) is 0 Å². The summed E-state index contributed by atoms with van der Waals surface area (Å²) in [7, 11) is 1.47. The predicted molar refractivity (Wildman–Crippen MR) is 277 cm³/mol. The Morgan fingerprint density at radius 3 is 1.58 bits per heavy atom. The van der Waals surface area contributed by atoms with Crippen molar-refractivity contribution in [2.75, 3.05) is 7.11 Å². The number of Topliss-reactive ketones (excluding diaryl/α,β-unsaturated/α-hetero) is 2. The monoisotopic (exact) mass is 1400 g/mol. The van der Waals surface area contributed by atoms with Crippen LogP contribution in [0.3, 0.4) is 0 Å². The molecule has 348 valence electrons. The molecule has 8 aliphatic carbocycles. The second-order valence-corrected chi connectivity index (χ2v) is 39.1. The maximum absolute atomic E-state index is 13.4. The molecule has 0 radical (unpaired) electrons. The van der Waals surface area contributed by atoms with Crippen molar-refractivity contribution >= 4 is 92.0 Å². The quantitative estimate of drug-likeness (QED) is 0.203. The summed E-state index contributed by atoms with van der Waals surface area (Å²) in [5.74, 6) is 8.75. The van der Waals surface area contributed by atoms with Gasteiger partial charge in [-0.15, -0.1) is 0 Å². The van der Waals surface area contributed by atoms with Crippen LogP contribution < -0.4 is 13.3 Å². The van der Waals surface area contributed by atoms with Crippen molar-refractivity contribution in [3.8, 4) is 0 Å². The first-order valence-corrected chi connectivity index (χ1v) is 43.1. The standard InChI is InChI=1S/C25H40O4.C25H42O.I3.I2/c1-15(5-8-22(28)29-4)18-6-7-19-23-20(10-12-25(18,19)3)24(2)11-9-17(26)13-16(24)14-21(23)27;1-6-7-17(3)19-8-9-20-23-21(11-13-25(19,20)5)24(4)12-10-16(2)14-18(24)15-22(23)26;1-3-2;1-2/h15-20,23,26H,5-14H2,1-4H3;16-21,23H,6-15H2,1-5H3;;/q;;-1;/t15-,16+,17-,18?,19?,20?,23?,24+,25-;16-,17-,18+,19?,20?,21?,23?,24+,25-;;/m11../s1. The molecule has 0 aromatic rings. The van der Waals surface area contributed by atoms with Crippen LogP contribution in [0.1, 0.15) is 184 Å². The fraction of sp³-hybridized carbons (Fsp3) is 0.940. The molecule has 1 N–H and O–H groups in total. The van der Waals surface area contributed by atoms with Crippen LogP contribution in [0.2, 0.25) is 0 Å². The van der Waals surface area contributed by atoms with Gasteiger partial charge in [0.15, 0.2) is 0 Å². The third-order valence-corrected chi connectivity index (χ3v) is 20.5. The molecule has 8 saturated carbocycles. The number of fused-ring (bicyclic) bond motifs is 10. The number of aliphatic hydroxyl groups excluding tert-OH is 1. The number of hydrogen-bond donors (Lipinski definition) is 1. The normalized spacial score (nSPS) is 46.1. The van der Waals surface area contributed by atoms with Crippen LogP contribution in [0, 0.1) is 98.6 Å². The predicted octanol–water partition coefficient (Wildman–Crippen LogP) is 12.2. The van der Waals surface area contributed by atoms with E-state index in [4.69, 9.17) is 4.74 Å². The molecule has 0 saturated heterocycles. The number of methoxy groups -OCH3 is 1. The first kappa shape index (κ1) is 53.4. The number of esters is 1. The Bertz CT molecular complexity index is 1460. The summed E-state index contributed by atoms with van der Waals surface area (Å²) in [6, 6.07) is 0. The van der Waals surface area contributed by atoms with Crippen molar-refractivity contribution in [1.82, 2.24) is 0 Å². The van der Waals surface area contributed by atoms with E-state index in [0.717, 1.165) is 56.3 Å². The average Bonchev–Trinajstić information content (AvgIpc) is 3.76. The van der Waals surface area contributed by atoms with Crippen LogP contribution in [0.4, 0.5) is 0 Å². The van der Waals surface area contributed by atoms with E-state index in [9.17, 15) is 19.5 Å². The number of hydrogen-bond acceptors (Lipinski definition) is 5. The summed E-state index contributed by atoms with van der Waals surface area (Å²) in [4.78, 5) is 38.5. The fourth-order valence-corrected chi connectivity index (χ4v) is 17.3. The molecule has 10 heteroatoms. The van der Waals surface area contributed by atoms with Gasteiger partial charge in [0, 0.05) is 68.3 Å². The molecule has 0 heterocycles. The molecule has 0 aliphatic heterocycles. The molecule has 8 fully saturated rings. The minimum atomic E-state index is -0.210.